The predicted octanol–water partition coefficient (Wildman–Crippen LogP) is 3.16. The SMILES string of the molecule is CCCCCC1CCCC1C(=O)OC. The molecule has 0 amide bonds. The highest BCUT2D eigenvalue weighted by molar-refractivity contribution is 5.72. The monoisotopic (exact) mass is 198 g/mol. The molecule has 0 saturated heterocycles. The molecule has 2 heteroatoms. The number of rotatable bonds is 5. The molecule has 0 N–H and O–H groups in total. The molecule has 1 saturated carbocycles. The fourth-order valence-corrected chi connectivity index (χ4v) is 2.50. The normalized spacial score (nSPS) is 26.4. The molecule has 14 heavy (non-hydrogen) atoms. The highest BCUT2D eigenvalue weighted by Crippen LogP contribution is 2.35. The van der Waals surface area contributed by atoms with E-state index in [4.69, 9.17) is 4.74 Å². The van der Waals surface area contributed by atoms with E-state index in [9.17, 15) is 4.79 Å². The number of esters is 1. The number of carbonyl (C=O) groups excluding carboxylic acids is 1. The van der Waals surface area contributed by atoms with Crippen LogP contribution in [0.1, 0.15) is 51.9 Å². The van der Waals surface area contributed by atoms with E-state index in [-0.39, 0.29) is 11.9 Å². The molecule has 0 aromatic heterocycles. The van der Waals surface area contributed by atoms with E-state index < -0.39 is 0 Å². The van der Waals surface area contributed by atoms with E-state index >= 15 is 0 Å². The molecular weight excluding hydrogens is 176 g/mol. The molecule has 0 spiro atoms. The van der Waals surface area contributed by atoms with Crippen LogP contribution in [0.15, 0.2) is 0 Å². The number of carbonyl (C=O) groups is 1. The second-order valence-corrected chi connectivity index (χ2v) is 4.32. The van der Waals surface area contributed by atoms with Crippen molar-refractivity contribution in [2.45, 2.75) is 51.9 Å². The number of unbranched alkanes of at least 4 members (excludes halogenated alkanes) is 2. The summed E-state index contributed by atoms with van der Waals surface area (Å²) < 4.78 is 4.83. The van der Waals surface area contributed by atoms with Crippen molar-refractivity contribution in [3.63, 3.8) is 0 Å². The molecule has 1 aliphatic rings. The fraction of sp³-hybridized carbons (Fsp3) is 0.917. The summed E-state index contributed by atoms with van der Waals surface area (Å²) in [6.45, 7) is 2.21. The Kier molecular flexibility index (Phi) is 4.99. The second-order valence-electron chi connectivity index (χ2n) is 4.32. The van der Waals surface area contributed by atoms with Crippen molar-refractivity contribution < 1.29 is 9.53 Å². The van der Waals surface area contributed by atoms with Crippen LogP contribution in [0.4, 0.5) is 0 Å². The summed E-state index contributed by atoms with van der Waals surface area (Å²) in [4.78, 5) is 11.4. The molecule has 0 aromatic rings. The van der Waals surface area contributed by atoms with E-state index in [1.54, 1.807) is 0 Å². The van der Waals surface area contributed by atoms with Crippen LogP contribution < -0.4 is 0 Å². The molecule has 0 aliphatic heterocycles. The van der Waals surface area contributed by atoms with Crippen LogP contribution in [0.5, 0.6) is 0 Å². The third kappa shape index (κ3) is 3.00. The summed E-state index contributed by atoms with van der Waals surface area (Å²) in [5, 5.41) is 0. The van der Waals surface area contributed by atoms with Gasteiger partial charge in [0.15, 0.2) is 0 Å². The van der Waals surface area contributed by atoms with Gasteiger partial charge >= 0.3 is 5.97 Å². The van der Waals surface area contributed by atoms with E-state index in [1.165, 1.54) is 45.6 Å². The molecule has 0 bridgehead atoms. The Bertz CT molecular complexity index is 177. The summed E-state index contributed by atoms with van der Waals surface area (Å²) in [5.74, 6) is 0.829. The lowest BCUT2D eigenvalue weighted by Crippen LogP contribution is -2.20. The molecule has 1 rings (SSSR count). The van der Waals surface area contributed by atoms with Gasteiger partial charge in [-0.3, -0.25) is 4.79 Å². The number of hydrogen-bond acceptors (Lipinski definition) is 2. The van der Waals surface area contributed by atoms with Crippen molar-refractivity contribution in [1.82, 2.24) is 0 Å². The first-order valence-corrected chi connectivity index (χ1v) is 5.87. The van der Waals surface area contributed by atoms with Crippen molar-refractivity contribution in [2.75, 3.05) is 7.11 Å². The number of ether oxygens (including phenoxy) is 1. The topological polar surface area (TPSA) is 26.3 Å². The highest BCUT2D eigenvalue weighted by atomic mass is 16.5. The summed E-state index contributed by atoms with van der Waals surface area (Å²) in [7, 11) is 1.50. The Morgan fingerprint density at radius 2 is 2.14 bits per heavy atom. The van der Waals surface area contributed by atoms with Gasteiger partial charge in [0.2, 0.25) is 0 Å². The van der Waals surface area contributed by atoms with Crippen LogP contribution in [0.25, 0.3) is 0 Å². The zero-order valence-electron chi connectivity index (χ0n) is 9.42. The molecule has 1 aliphatic carbocycles. The molecule has 1 fully saturated rings. The van der Waals surface area contributed by atoms with E-state index in [0.717, 1.165) is 6.42 Å². The predicted molar refractivity (Wildman–Crippen MR) is 57.0 cm³/mol. The minimum atomic E-state index is 0.0176. The van der Waals surface area contributed by atoms with Crippen molar-refractivity contribution in [3.05, 3.63) is 0 Å². The number of methoxy groups -OCH3 is 1. The van der Waals surface area contributed by atoms with Crippen molar-refractivity contribution >= 4 is 5.97 Å². The molecular formula is C12H22O2. The van der Waals surface area contributed by atoms with Gasteiger partial charge in [0.1, 0.15) is 0 Å². The minimum absolute atomic E-state index is 0.0176. The van der Waals surface area contributed by atoms with Crippen LogP contribution >= 0.6 is 0 Å². The van der Waals surface area contributed by atoms with Gasteiger partial charge in [-0.05, 0) is 25.2 Å². The summed E-state index contributed by atoms with van der Waals surface area (Å²) in [6.07, 6.45) is 8.52. The van der Waals surface area contributed by atoms with Gasteiger partial charge in [-0.2, -0.15) is 0 Å². The third-order valence-corrected chi connectivity index (χ3v) is 3.34. The average Bonchev–Trinajstić information content (AvgIpc) is 2.65. The lowest BCUT2D eigenvalue weighted by Gasteiger charge is -2.16. The Labute approximate surface area is 87.0 Å². The summed E-state index contributed by atoms with van der Waals surface area (Å²) in [5.41, 5.74) is 0. The van der Waals surface area contributed by atoms with Gasteiger partial charge in [0.25, 0.3) is 0 Å². The van der Waals surface area contributed by atoms with Crippen molar-refractivity contribution in [2.24, 2.45) is 11.8 Å². The standard InChI is InChI=1S/C12H22O2/c1-3-4-5-7-10-8-6-9-11(10)12(13)14-2/h10-11H,3-9H2,1-2H3. The first kappa shape index (κ1) is 11.5. The Hall–Kier alpha value is -0.530. The zero-order valence-corrected chi connectivity index (χ0v) is 9.42. The van der Waals surface area contributed by atoms with Gasteiger partial charge in [-0.15, -0.1) is 0 Å². The maximum absolute atomic E-state index is 11.4. The zero-order chi connectivity index (χ0) is 10.4. The Balaban J connectivity index is 2.31. The lowest BCUT2D eigenvalue weighted by atomic mass is 9.91. The maximum atomic E-state index is 11.4. The quantitative estimate of drug-likeness (QED) is 0.501. The first-order valence-electron chi connectivity index (χ1n) is 5.87. The smallest absolute Gasteiger partial charge is 0.308 e. The van der Waals surface area contributed by atoms with Gasteiger partial charge in [-0.1, -0.05) is 32.6 Å². The van der Waals surface area contributed by atoms with Crippen LogP contribution in [0.3, 0.4) is 0 Å². The largest absolute Gasteiger partial charge is 0.469 e. The molecule has 0 radical (unpaired) electrons. The highest BCUT2D eigenvalue weighted by Gasteiger charge is 2.32. The van der Waals surface area contributed by atoms with E-state index in [2.05, 4.69) is 6.92 Å². The molecule has 2 nitrogen and oxygen atoms in total. The molecule has 82 valence electrons. The van der Waals surface area contributed by atoms with E-state index in [0.29, 0.717) is 5.92 Å². The lowest BCUT2D eigenvalue weighted by molar-refractivity contribution is -0.146. The molecule has 2 atom stereocenters. The summed E-state index contributed by atoms with van der Waals surface area (Å²) in [6, 6.07) is 0. The van der Waals surface area contributed by atoms with Gasteiger partial charge < -0.3 is 4.74 Å². The molecule has 0 heterocycles. The average molecular weight is 198 g/mol. The minimum Gasteiger partial charge on any atom is -0.469 e. The van der Waals surface area contributed by atoms with Gasteiger partial charge in [-0.25, -0.2) is 0 Å². The van der Waals surface area contributed by atoms with Gasteiger partial charge in [0.05, 0.1) is 13.0 Å². The van der Waals surface area contributed by atoms with Gasteiger partial charge in [0, 0.05) is 0 Å². The third-order valence-electron chi connectivity index (χ3n) is 3.34. The fourth-order valence-electron chi connectivity index (χ4n) is 2.50. The van der Waals surface area contributed by atoms with Crippen molar-refractivity contribution in [1.29, 1.82) is 0 Å². The van der Waals surface area contributed by atoms with Crippen molar-refractivity contribution in [3.8, 4) is 0 Å². The second kappa shape index (κ2) is 6.05. The van der Waals surface area contributed by atoms with Crippen LogP contribution in [0, 0.1) is 11.8 Å². The molecule has 0 aromatic carbocycles. The summed E-state index contributed by atoms with van der Waals surface area (Å²) >= 11 is 0. The molecule has 2 unspecified atom stereocenters. The Morgan fingerprint density at radius 3 is 2.79 bits per heavy atom. The van der Waals surface area contributed by atoms with Crippen LogP contribution in [-0.2, 0) is 9.53 Å². The van der Waals surface area contributed by atoms with Crippen LogP contribution in [0.2, 0.25) is 0 Å². The van der Waals surface area contributed by atoms with Crippen LogP contribution in [-0.4, -0.2) is 13.1 Å². The first-order chi connectivity index (χ1) is 6.79. The van der Waals surface area contributed by atoms with E-state index in [1.807, 2.05) is 0 Å². The Morgan fingerprint density at radius 1 is 1.36 bits per heavy atom. The number of hydrogen-bond donors (Lipinski definition) is 0. The maximum Gasteiger partial charge on any atom is 0.308 e.